The van der Waals surface area contributed by atoms with Gasteiger partial charge in [0.1, 0.15) is 11.6 Å². The van der Waals surface area contributed by atoms with E-state index in [4.69, 9.17) is 4.74 Å². The number of rotatable bonds is 5. The molecule has 1 heterocycles. The zero-order valence-electron chi connectivity index (χ0n) is 11.6. The first-order valence-electron chi connectivity index (χ1n) is 6.51. The summed E-state index contributed by atoms with van der Waals surface area (Å²) in [6.45, 7) is 1.93. The summed E-state index contributed by atoms with van der Waals surface area (Å²) in [6, 6.07) is 3.48. The number of anilines is 1. The van der Waals surface area contributed by atoms with Crippen LogP contribution in [0.25, 0.3) is 0 Å². The summed E-state index contributed by atoms with van der Waals surface area (Å²) in [7, 11) is 1.43. The van der Waals surface area contributed by atoms with Crippen LogP contribution in [-0.2, 0) is 0 Å². The summed E-state index contributed by atoms with van der Waals surface area (Å²) in [5.41, 5.74) is 0.0622. The van der Waals surface area contributed by atoms with Crippen molar-refractivity contribution in [2.45, 2.75) is 0 Å². The quantitative estimate of drug-likeness (QED) is 0.757. The van der Waals surface area contributed by atoms with E-state index in [0.29, 0.717) is 25.4 Å². The summed E-state index contributed by atoms with van der Waals surface area (Å²) in [6.07, 6.45) is 0. The molecule has 1 fully saturated rings. The number of urea groups is 2. The summed E-state index contributed by atoms with van der Waals surface area (Å²) >= 11 is 0. The second-order valence-corrected chi connectivity index (χ2v) is 4.45. The molecule has 1 saturated heterocycles. The zero-order chi connectivity index (χ0) is 15.2. The van der Waals surface area contributed by atoms with E-state index in [0.717, 1.165) is 0 Å². The van der Waals surface area contributed by atoms with Crippen molar-refractivity contribution in [1.82, 2.24) is 15.5 Å². The molecule has 1 aromatic rings. The topological polar surface area (TPSA) is 82.7 Å². The third kappa shape index (κ3) is 3.98. The third-order valence-electron chi connectivity index (χ3n) is 3.04. The van der Waals surface area contributed by atoms with Crippen LogP contribution in [0.15, 0.2) is 18.2 Å². The molecule has 7 nitrogen and oxygen atoms in total. The summed E-state index contributed by atoms with van der Waals surface area (Å²) in [5.74, 6) is -0.207. The van der Waals surface area contributed by atoms with E-state index in [1.54, 1.807) is 11.0 Å². The molecule has 0 aromatic heterocycles. The normalized spacial score (nSPS) is 13.8. The molecule has 21 heavy (non-hydrogen) atoms. The molecular formula is C13H17FN4O3. The molecule has 0 radical (unpaired) electrons. The van der Waals surface area contributed by atoms with E-state index in [9.17, 15) is 14.0 Å². The van der Waals surface area contributed by atoms with Gasteiger partial charge in [0, 0.05) is 32.2 Å². The molecular weight excluding hydrogens is 279 g/mol. The Morgan fingerprint density at radius 3 is 2.95 bits per heavy atom. The number of hydrogen-bond acceptors (Lipinski definition) is 3. The van der Waals surface area contributed by atoms with Gasteiger partial charge in [0.05, 0.1) is 12.8 Å². The Balaban J connectivity index is 1.78. The lowest BCUT2D eigenvalue weighted by molar-refractivity contribution is 0.216. The minimum Gasteiger partial charge on any atom is -0.497 e. The number of benzene rings is 1. The molecule has 1 aromatic carbocycles. The van der Waals surface area contributed by atoms with Crippen LogP contribution in [0.1, 0.15) is 0 Å². The highest BCUT2D eigenvalue weighted by Crippen LogP contribution is 2.19. The molecule has 1 aliphatic heterocycles. The first-order chi connectivity index (χ1) is 10.1. The van der Waals surface area contributed by atoms with Gasteiger partial charge in [-0.3, -0.25) is 0 Å². The Kier molecular flexibility index (Phi) is 4.81. The number of nitrogens with one attached hydrogen (secondary N) is 3. The van der Waals surface area contributed by atoms with E-state index in [1.165, 1.54) is 19.2 Å². The van der Waals surface area contributed by atoms with E-state index in [2.05, 4.69) is 16.0 Å². The Morgan fingerprint density at radius 2 is 2.33 bits per heavy atom. The highest BCUT2D eigenvalue weighted by Gasteiger charge is 2.18. The van der Waals surface area contributed by atoms with Crippen molar-refractivity contribution >= 4 is 17.7 Å². The predicted molar refractivity (Wildman–Crippen MR) is 74.9 cm³/mol. The van der Waals surface area contributed by atoms with Gasteiger partial charge >= 0.3 is 12.1 Å². The standard InChI is InChI=1S/C13H17FN4O3/c1-21-9-2-3-11(10(14)8-9)17-12(19)15-4-6-18-7-5-16-13(18)20/h2-3,8H,4-7H2,1H3,(H,16,20)(H2,15,17,19). The second kappa shape index (κ2) is 6.78. The van der Waals surface area contributed by atoms with E-state index < -0.39 is 11.8 Å². The minimum absolute atomic E-state index is 0.0622. The molecule has 0 saturated carbocycles. The van der Waals surface area contributed by atoms with Crippen molar-refractivity contribution in [3.05, 3.63) is 24.0 Å². The van der Waals surface area contributed by atoms with Gasteiger partial charge in [-0.25, -0.2) is 14.0 Å². The van der Waals surface area contributed by atoms with Gasteiger partial charge in [-0.1, -0.05) is 0 Å². The Morgan fingerprint density at radius 1 is 1.52 bits per heavy atom. The maximum absolute atomic E-state index is 13.6. The first kappa shape index (κ1) is 14.9. The molecule has 0 atom stereocenters. The number of carbonyl (C=O) groups excluding carboxylic acids is 2. The summed E-state index contributed by atoms with van der Waals surface area (Å²) in [4.78, 5) is 24.5. The Labute approximate surface area is 121 Å². The van der Waals surface area contributed by atoms with Gasteiger partial charge < -0.3 is 25.6 Å². The van der Waals surface area contributed by atoms with Gasteiger partial charge in [0.15, 0.2) is 0 Å². The number of halogens is 1. The lowest BCUT2D eigenvalue weighted by Gasteiger charge is -2.14. The molecule has 0 spiro atoms. The fourth-order valence-corrected chi connectivity index (χ4v) is 1.92. The van der Waals surface area contributed by atoms with Gasteiger partial charge in [-0.05, 0) is 12.1 Å². The number of methoxy groups -OCH3 is 1. The SMILES string of the molecule is COc1ccc(NC(=O)NCCN2CCNC2=O)c(F)c1. The molecule has 114 valence electrons. The molecule has 2 rings (SSSR count). The minimum atomic E-state index is -0.580. The van der Waals surface area contributed by atoms with Crippen molar-refractivity contribution in [1.29, 1.82) is 0 Å². The average molecular weight is 296 g/mol. The van der Waals surface area contributed by atoms with Crippen LogP contribution in [0.4, 0.5) is 19.7 Å². The highest BCUT2D eigenvalue weighted by molar-refractivity contribution is 5.89. The van der Waals surface area contributed by atoms with Gasteiger partial charge in [-0.15, -0.1) is 0 Å². The van der Waals surface area contributed by atoms with E-state index in [1.807, 2.05) is 0 Å². The highest BCUT2D eigenvalue weighted by atomic mass is 19.1. The van der Waals surface area contributed by atoms with Gasteiger partial charge in [0.25, 0.3) is 0 Å². The van der Waals surface area contributed by atoms with Crippen molar-refractivity contribution in [3.63, 3.8) is 0 Å². The van der Waals surface area contributed by atoms with Gasteiger partial charge in [-0.2, -0.15) is 0 Å². The Bertz CT molecular complexity index is 538. The molecule has 3 N–H and O–H groups in total. The van der Waals surface area contributed by atoms with E-state index in [-0.39, 0.29) is 18.3 Å². The fraction of sp³-hybridized carbons (Fsp3) is 0.385. The number of carbonyl (C=O) groups is 2. The zero-order valence-corrected chi connectivity index (χ0v) is 11.6. The maximum Gasteiger partial charge on any atom is 0.319 e. The second-order valence-electron chi connectivity index (χ2n) is 4.45. The third-order valence-corrected chi connectivity index (χ3v) is 3.04. The molecule has 0 unspecified atom stereocenters. The number of nitrogens with zero attached hydrogens (tertiary/aromatic N) is 1. The first-order valence-corrected chi connectivity index (χ1v) is 6.51. The van der Waals surface area contributed by atoms with Crippen molar-refractivity contribution in [2.24, 2.45) is 0 Å². The van der Waals surface area contributed by atoms with Crippen molar-refractivity contribution in [3.8, 4) is 5.75 Å². The van der Waals surface area contributed by atoms with Crippen molar-refractivity contribution < 1.29 is 18.7 Å². The Hall–Kier alpha value is -2.51. The largest absolute Gasteiger partial charge is 0.497 e. The van der Waals surface area contributed by atoms with Gasteiger partial charge in [0.2, 0.25) is 0 Å². The molecule has 0 bridgehead atoms. The van der Waals surface area contributed by atoms with Crippen molar-refractivity contribution in [2.75, 3.05) is 38.6 Å². The smallest absolute Gasteiger partial charge is 0.319 e. The number of amides is 4. The number of hydrogen-bond donors (Lipinski definition) is 3. The summed E-state index contributed by atoms with van der Waals surface area (Å²) < 4.78 is 18.5. The van der Waals surface area contributed by atoms with Crippen LogP contribution in [0.3, 0.4) is 0 Å². The monoisotopic (exact) mass is 296 g/mol. The molecule has 0 aliphatic carbocycles. The molecule has 4 amide bonds. The maximum atomic E-state index is 13.6. The van der Waals surface area contributed by atoms with Crippen LogP contribution in [0, 0.1) is 5.82 Å². The van der Waals surface area contributed by atoms with Crippen LogP contribution < -0.4 is 20.7 Å². The lowest BCUT2D eigenvalue weighted by Crippen LogP contribution is -2.38. The lowest BCUT2D eigenvalue weighted by atomic mass is 10.3. The predicted octanol–water partition coefficient (Wildman–Crippen LogP) is 0.981. The van der Waals surface area contributed by atoms with Crippen LogP contribution in [-0.4, -0.2) is 50.3 Å². The molecule has 8 heteroatoms. The summed E-state index contributed by atoms with van der Waals surface area (Å²) in [5, 5.41) is 7.63. The van der Waals surface area contributed by atoms with Crippen LogP contribution >= 0.6 is 0 Å². The number of ether oxygens (including phenoxy) is 1. The van der Waals surface area contributed by atoms with Crippen LogP contribution in [0.2, 0.25) is 0 Å². The average Bonchev–Trinajstić information content (AvgIpc) is 2.87. The van der Waals surface area contributed by atoms with Crippen LogP contribution in [0.5, 0.6) is 5.75 Å². The fourth-order valence-electron chi connectivity index (χ4n) is 1.92. The molecule has 1 aliphatic rings. The van der Waals surface area contributed by atoms with E-state index >= 15 is 0 Å².